The van der Waals surface area contributed by atoms with Gasteiger partial charge < -0.3 is 9.88 Å². The number of anilines is 1. The van der Waals surface area contributed by atoms with Gasteiger partial charge in [-0.1, -0.05) is 64.1 Å². The molecule has 0 aliphatic carbocycles. The van der Waals surface area contributed by atoms with E-state index in [2.05, 4.69) is 31.4 Å². The van der Waals surface area contributed by atoms with Gasteiger partial charge in [0.25, 0.3) is 0 Å². The fourth-order valence-corrected chi connectivity index (χ4v) is 4.10. The van der Waals surface area contributed by atoms with Crippen molar-refractivity contribution in [2.24, 2.45) is 0 Å². The lowest BCUT2D eigenvalue weighted by atomic mass is 10.1. The summed E-state index contributed by atoms with van der Waals surface area (Å²) in [6.07, 6.45) is 0. The zero-order valence-corrected chi connectivity index (χ0v) is 17.9. The maximum absolute atomic E-state index is 12.4. The summed E-state index contributed by atoms with van der Waals surface area (Å²) in [6.45, 7) is 6.76. The molecule has 0 unspecified atom stereocenters. The smallest absolute Gasteiger partial charge is 0.234 e. The van der Waals surface area contributed by atoms with Crippen LogP contribution in [0, 0.1) is 13.8 Å². The topological polar surface area (TPSA) is 59.8 Å². The number of nitrogens with zero attached hydrogens (tertiary/aromatic N) is 3. The molecule has 0 spiro atoms. The number of benzene rings is 2. The van der Waals surface area contributed by atoms with Crippen molar-refractivity contribution in [3.05, 3.63) is 58.1 Å². The Kier molecular flexibility index (Phi) is 6.34. The molecule has 0 saturated heterocycles. The third kappa shape index (κ3) is 4.42. The Balaban J connectivity index is 1.73. The molecule has 0 radical (unpaired) electrons. The molecule has 0 saturated carbocycles. The van der Waals surface area contributed by atoms with Crippen molar-refractivity contribution in [1.29, 1.82) is 0 Å². The first kappa shape index (κ1) is 19.6. The number of nitrogens with one attached hydrogen (secondary N) is 1. The largest absolute Gasteiger partial charge is 0.325 e. The Morgan fingerprint density at radius 3 is 2.48 bits per heavy atom. The minimum absolute atomic E-state index is 0.0505. The van der Waals surface area contributed by atoms with Crippen LogP contribution in [-0.4, -0.2) is 26.4 Å². The number of halogens is 1. The van der Waals surface area contributed by atoms with Crippen LogP contribution in [-0.2, 0) is 11.3 Å². The maximum Gasteiger partial charge on any atom is 0.234 e. The van der Waals surface area contributed by atoms with Crippen molar-refractivity contribution in [2.75, 3.05) is 11.1 Å². The van der Waals surface area contributed by atoms with E-state index in [1.54, 1.807) is 0 Å². The molecule has 0 aliphatic rings. The fourth-order valence-electron chi connectivity index (χ4n) is 2.84. The Morgan fingerprint density at radius 1 is 1.11 bits per heavy atom. The summed E-state index contributed by atoms with van der Waals surface area (Å²) in [4.78, 5) is 12.4. The molecule has 2 aromatic carbocycles. The Bertz CT molecular complexity index is 950. The molecule has 7 heteroatoms. The van der Waals surface area contributed by atoms with E-state index in [0.717, 1.165) is 44.4 Å². The predicted molar refractivity (Wildman–Crippen MR) is 114 cm³/mol. The molecular weight excluding hydrogens is 424 g/mol. The maximum atomic E-state index is 12.4. The molecule has 0 bridgehead atoms. The van der Waals surface area contributed by atoms with E-state index in [1.807, 2.05) is 67.8 Å². The van der Waals surface area contributed by atoms with Gasteiger partial charge in [0.2, 0.25) is 5.91 Å². The van der Waals surface area contributed by atoms with E-state index in [-0.39, 0.29) is 11.7 Å². The summed E-state index contributed by atoms with van der Waals surface area (Å²) in [5.74, 6) is 1.02. The number of aryl methyl sites for hydroxylation is 2. The van der Waals surface area contributed by atoms with Crippen molar-refractivity contribution < 1.29 is 4.79 Å². The van der Waals surface area contributed by atoms with Gasteiger partial charge in [-0.05, 0) is 38.0 Å². The first-order valence-corrected chi connectivity index (χ1v) is 10.5. The van der Waals surface area contributed by atoms with Gasteiger partial charge in [0.05, 0.1) is 5.75 Å². The first-order valence-electron chi connectivity index (χ1n) is 8.68. The molecule has 0 fully saturated rings. The number of hydrogen-bond acceptors (Lipinski definition) is 4. The highest BCUT2D eigenvalue weighted by Gasteiger charge is 2.16. The van der Waals surface area contributed by atoms with Crippen molar-refractivity contribution >= 4 is 39.3 Å². The molecule has 5 nitrogen and oxygen atoms in total. The molecule has 3 rings (SSSR count). The molecule has 3 aromatic rings. The van der Waals surface area contributed by atoms with Crippen molar-refractivity contribution in [1.82, 2.24) is 14.8 Å². The molecule has 1 heterocycles. The SMILES string of the molecule is CCn1c(SCC(=O)Nc2c(C)cccc2C)nnc1-c1ccccc1Br. The molecule has 27 heavy (non-hydrogen) atoms. The summed E-state index contributed by atoms with van der Waals surface area (Å²) < 4.78 is 2.99. The summed E-state index contributed by atoms with van der Waals surface area (Å²) >= 11 is 4.96. The van der Waals surface area contributed by atoms with Crippen LogP contribution in [0.3, 0.4) is 0 Å². The number of carbonyl (C=O) groups is 1. The molecule has 1 aromatic heterocycles. The lowest BCUT2D eigenvalue weighted by molar-refractivity contribution is -0.113. The lowest BCUT2D eigenvalue weighted by Crippen LogP contribution is -2.16. The average Bonchev–Trinajstić information content (AvgIpc) is 3.06. The van der Waals surface area contributed by atoms with Crippen molar-refractivity contribution in [3.8, 4) is 11.4 Å². The normalized spacial score (nSPS) is 10.8. The van der Waals surface area contributed by atoms with E-state index in [4.69, 9.17) is 0 Å². The zero-order valence-electron chi connectivity index (χ0n) is 15.5. The van der Waals surface area contributed by atoms with E-state index < -0.39 is 0 Å². The molecule has 0 aliphatic heterocycles. The van der Waals surface area contributed by atoms with Crippen molar-refractivity contribution in [3.63, 3.8) is 0 Å². The molecule has 1 amide bonds. The standard InChI is InChI=1S/C20H21BrN4OS/c1-4-25-19(15-10-5-6-11-16(15)21)23-24-20(25)27-12-17(26)22-18-13(2)8-7-9-14(18)3/h5-11H,4,12H2,1-3H3,(H,22,26). The quantitative estimate of drug-likeness (QED) is 0.538. The number of para-hydroxylation sites is 1. The van der Waals surface area contributed by atoms with Gasteiger partial charge in [-0.25, -0.2) is 0 Å². The fraction of sp³-hybridized carbons (Fsp3) is 0.250. The highest BCUT2D eigenvalue weighted by Crippen LogP contribution is 2.29. The van der Waals surface area contributed by atoms with Crippen LogP contribution in [0.15, 0.2) is 52.1 Å². The minimum atomic E-state index is -0.0505. The number of thioether (sulfide) groups is 1. The number of carbonyl (C=O) groups excluding carboxylic acids is 1. The number of amides is 1. The number of hydrogen-bond donors (Lipinski definition) is 1. The second-order valence-corrected chi connectivity index (χ2v) is 7.93. The van der Waals surface area contributed by atoms with Gasteiger partial charge in [-0.2, -0.15) is 0 Å². The Hall–Kier alpha value is -2.12. The second-order valence-electron chi connectivity index (χ2n) is 6.13. The Morgan fingerprint density at radius 2 is 1.81 bits per heavy atom. The van der Waals surface area contributed by atoms with Crippen LogP contribution >= 0.6 is 27.7 Å². The summed E-state index contributed by atoms with van der Waals surface area (Å²) in [6, 6.07) is 13.9. The predicted octanol–water partition coefficient (Wildman–Crippen LogP) is 5.08. The van der Waals surface area contributed by atoms with Gasteiger partial charge in [0.15, 0.2) is 11.0 Å². The number of aromatic nitrogens is 3. The van der Waals surface area contributed by atoms with Crippen LogP contribution < -0.4 is 5.32 Å². The van der Waals surface area contributed by atoms with E-state index in [1.165, 1.54) is 11.8 Å². The summed E-state index contributed by atoms with van der Waals surface area (Å²) in [5.41, 5.74) is 3.98. The highest BCUT2D eigenvalue weighted by atomic mass is 79.9. The van der Waals surface area contributed by atoms with Crippen LogP contribution in [0.1, 0.15) is 18.1 Å². The van der Waals surface area contributed by atoms with Crippen molar-refractivity contribution in [2.45, 2.75) is 32.5 Å². The molecule has 1 N–H and O–H groups in total. The van der Waals surface area contributed by atoms with Gasteiger partial charge in [-0.3, -0.25) is 4.79 Å². The van der Waals surface area contributed by atoms with Gasteiger partial charge in [0.1, 0.15) is 0 Å². The van der Waals surface area contributed by atoms with Gasteiger partial charge >= 0.3 is 0 Å². The van der Waals surface area contributed by atoms with E-state index >= 15 is 0 Å². The zero-order chi connectivity index (χ0) is 19.4. The van der Waals surface area contributed by atoms with Gasteiger partial charge in [0, 0.05) is 22.3 Å². The van der Waals surface area contributed by atoms with Crippen LogP contribution in [0.4, 0.5) is 5.69 Å². The van der Waals surface area contributed by atoms with Crippen LogP contribution in [0.25, 0.3) is 11.4 Å². The molecular formula is C20H21BrN4OS. The highest BCUT2D eigenvalue weighted by molar-refractivity contribution is 9.10. The third-order valence-corrected chi connectivity index (χ3v) is 5.88. The second kappa shape index (κ2) is 8.71. The minimum Gasteiger partial charge on any atom is -0.325 e. The van der Waals surface area contributed by atoms with Crippen LogP contribution in [0.2, 0.25) is 0 Å². The van der Waals surface area contributed by atoms with Gasteiger partial charge in [-0.15, -0.1) is 10.2 Å². The molecule has 0 atom stereocenters. The van der Waals surface area contributed by atoms with Crippen LogP contribution in [0.5, 0.6) is 0 Å². The summed E-state index contributed by atoms with van der Waals surface area (Å²) in [5, 5.41) is 12.4. The lowest BCUT2D eigenvalue weighted by Gasteiger charge is -2.11. The first-order chi connectivity index (χ1) is 13.0. The summed E-state index contributed by atoms with van der Waals surface area (Å²) in [7, 11) is 0. The van der Waals surface area contributed by atoms with E-state index in [9.17, 15) is 4.79 Å². The monoisotopic (exact) mass is 444 g/mol. The Labute approximate surface area is 171 Å². The average molecular weight is 445 g/mol. The van der Waals surface area contributed by atoms with E-state index in [0.29, 0.717) is 0 Å². The molecule has 140 valence electrons. The number of rotatable bonds is 6. The third-order valence-electron chi connectivity index (χ3n) is 4.23.